The van der Waals surface area contributed by atoms with Crippen molar-refractivity contribution in [2.24, 2.45) is 4.99 Å². The summed E-state index contributed by atoms with van der Waals surface area (Å²) in [6.45, 7) is 5.32. The van der Waals surface area contributed by atoms with Crippen molar-refractivity contribution < 1.29 is 23.8 Å². The quantitative estimate of drug-likeness (QED) is 0.809. The van der Waals surface area contributed by atoms with Crippen LogP contribution in [0.5, 0.6) is 11.5 Å². The number of para-hydroxylation sites is 1. The van der Waals surface area contributed by atoms with E-state index < -0.39 is 23.7 Å². The summed E-state index contributed by atoms with van der Waals surface area (Å²) in [6.07, 6.45) is -0.705. The van der Waals surface area contributed by atoms with Crippen LogP contribution in [0.2, 0.25) is 0 Å². The predicted molar refractivity (Wildman–Crippen MR) is 104 cm³/mol. The van der Waals surface area contributed by atoms with Gasteiger partial charge in [-0.3, -0.25) is 0 Å². The summed E-state index contributed by atoms with van der Waals surface area (Å²) in [6, 6.07) is 13.0. The van der Waals surface area contributed by atoms with Crippen molar-refractivity contribution in [1.29, 1.82) is 0 Å². The smallest absolute Gasteiger partial charge is 0.413 e. The molecule has 1 aliphatic rings. The van der Waals surface area contributed by atoms with E-state index in [-0.39, 0.29) is 5.71 Å². The number of hydrogen-bond donors (Lipinski definition) is 1. The summed E-state index contributed by atoms with van der Waals surface area (Å²) < 4.78 is 15.8. The molecule has 1 aliphatic heterocycles. The van der Waals surface area contributed by atoms with Gasteiger partial charge in [0, 0.05) is 5.56 Å². The maximum Gasteiger partial charge on any atom is 0.413 e. The van der Waals surface area contributed by atoms with E-state index in [2.05, 4.69) is 10.3 Å². The van der Waals surface area contributed by atoms with Gasteiger partial charge >= 0.3 is 12.1 Å². The van der Waals surface area contributed by atoms with E-state index >= 15 is 0 Å². The molecular weight excluding hydrogens is 360 g/mol. The number of carbonyl (C=O) groups excluding carboxylic acids is 2. The third-order valence-corrected chi connectivity index (χ3v) is 3.90. The average molecular weight is 382 g/mol. The molecule has 0 fully saturated rings. The Morgan fingerprint density at radius 1 is 1.00 bits per heavy atom. The molecule has 0 aliphatic carbocycles. The van der Waals surface area contributed by atoms with E-state index in [0.29, 0.717) is 22.7 Å². The highest BCUT2D eigenvalue weighted by Gasteiger charge is 2.36. The Bertz CT molecular complexity index is 913. The Labute approximate surface area is 163 Å². The van der Waals surface area contributed by atoms with Crippen LogP contribution in [0.3, 0.4) is 0 Å². The van der Waals surface area contributed by atoms with Crippen LogP contribution in [-0.4, -0.2) is 30.5 Å². The Balaban J connectivity index is 1.77. The zero-order chi connectivity index (χ0) is 20.3. The van der Waals surface area contributed by atoms with Crippen LogP contribution >= 0.6 is 0 Å². The minimum Gasteiger partial charge on any atom is -0.497 e. The Morgan fingerprint density at radius 2 is 1.64 bits per heavy atom. The highest BCUT2D eigenvalue weighted by Crippen LogP contribution is 2.34. The minimum absolute atomic E-state index is 0.114. The second-order valence-electron chi connectivity index (χ2n) is 7.20. The van der Waals surface area contributed by atoms with Gasteiger partial charge in [0.2, 0.25) is 0 Å². The first-order chi connectivity index (χ1) is 13.3. The monoisotopic (exact) mass is 382 g/mol. The highest BCUT2D eigenvalue weighted by molar-refractivity contribution is 6.40. The molecule has 1 unspecified atom stereocenters. The predicted octanol–water partition coefficient (Wildman–Crippen LogP) is 3.95. The molecule has 1 atom stereocenters. The van der Waals surface area contributed by atoms with Crippen LogP contribution in [0.15, 0.2) is 53.5 Å². The van der Waals surface area contributed by atoms with Crippen molar-refractivity contribution in [3.8, 4) is 11.5 Å². The lowest BCUT2D eigenvalue weighted by Crippen LogP contribution is -2.39. The standard InChI is InChI=1S/C21H22N2O5/c1-21(2,3)28-19(24)18-17(15-7-5-6-8-16(15)22-18)23-20(25)27-14-11-9-13(26-4)10-12-14/h5-12,17H,1-4H3,(H,23,25). The largest absolute Gasteiger partial charge is 0.497 e. The van der Waals surface area contributed by atoms with Crippen LogP contribution in [0, 0.1) is 0 Å². The molecule has 0 spiro atoms. The van der Waals surface area contributed by atoms with Gasteiger partial charge in [-0.1, -0.05) is 18.2 Å². The van der Waals surface area contributed by atoms with Crippen LogP contribution in [0.4, 0.5) is 10.5 Å². The molecule has 2 aromatic carbocycles. The summed E-state index contributed by atoms with van der Waals surface area (Å²) in [4.78, 5) is 29.4. The zero-order valence-electron chi connectivity index (χ0n) is 16.2. The van der Waals surface area contributed by atoms with Crippen molar-refractivity contribution in [1.82, 2.24) is 5.32 Å². The van der Waals surface area contributed by atoms with Crippen molar-refractivity contribution in [2.45, 2.75) is 32.4 Å². The fourth-order valence-corrected chi connectivity index (χ4v) is 2.71. The SMILES string of the molecule is COc1ccc(OC(=O)NC2C(C(=O)OC(C)(C)C)=Nc3ccccc32)cc1. The average Bonchev–Trinajstić information content (AvgIpc) is 3.00. The molecule has 0 bridgehead atoms. The first-order valence-corrected chi connectivity index (χ1v) is 8.80. The summed E-state index contributed by atoms with van der Waals surface area (Å²) in [7, 11) is 1.55. The molecule has 3 rings (SSSR count). The third kappa shape index (κ3) is 4.49. The fraction of sp³-hybridized carbons (Fsp3) is 0.286. The van der Waals surface area contributed by atoms with Gasteiger partial charge in [0.25, 0.3) is 0 Å². The van der Waals surface area contributed by atoms with Gasteiger partial charge < -0.3 is 19.5 Å². The van der Waals surface area contributed by atoms with E-state index in [0.717, 1.165) is 0 Å². The second-order valence-corrected chi connectivity index (χ2v) is 7.20. The number of ether oxygens (including phenoxy) is 3. The van der Waals surface area contributed by atoms with Gasteiger partial charge in [0.15, 0.2) is 5.71 Å². The molecule has 1 amide bonds. The number of rotatable bonds is 4. The summed E-state index contributed by atoms with van der Waals surface area (Å²) in [5.74, 6) is 0.413. The van der Waals surface area contributed by atoms with Crippen molar-refractivity contribution in [2.75, 3.05) is 7.11 Å². The number of carbonyl (C=O) groups is 2. The van der Waals surface area contributed by atoms with E-state index in [1.807, 2.05) is 12.1 Å². The lowest BCUT2D eigenvalue weighted by molar-refractivity contribution is -0.146. The number of nitrogens with one attached hydrogen (secondary N) is 1. The lowest BCUT2D eigenvalue weighted by Gasteiger charge is -2.22. The van der Waals surface area contributed by atoms with Gasteiger partial charge in [-0.25, -0.2) is 14.6 Å². The van der Waals surface area contributed by atoms with Gasteiger partial charge in [0.05, 0.1) is 12.8 Å². The molecule has 0 saturated carbocycles. The molecule has 0 saturated heterocycles. The second kappa shape index (κ2) is 7.72. The molecule has 146 valence electrons. The molecule has 28 heavy (non-hydrogen) atoms. The molecule has 7 nitrogen and oxygen atoms in total. The maximum atomic E-state index is 12.6. The number of benzene rings is 2. The summed E-state index contributed by atoms with van der Waals surface area (Å²) in [5, 5.41) is 2.70. The van der Waals surface area contributed by atoms with Crippen LogP contribution in [0.1, 0.15) is 32.4 Å². The minimum atomic E-state index is -0.753. The number of aliphatic imine (C=N–C) groups is 1. The van der Waals surface area contributed by atoms with Crippen molar-refractivity contribution in [3.63, 3.8) is 0 Å². The lowest BCUT2D eigenvalue weighted by atomic mass is 10.0. The van der Waals surface area contributed by atoms with Crippen LogP contribution < -0.4 is 14.8 Å². The first-order valence-electron chi connectivity index (χ1n) is 8.80. The normalized spacial score (nSPS) is 15.3. The fourth-order valence-electron chi connectivity index (χ4n) is 2.71. The van der Waals surface area contributed by atoms with E-state index in [1.54, 1.807) is 64.3 Å². The molecule has 1 heterocycles. The number of esters is 1. The van der Waals surface area contributed by atoms with E-state index in [4.69, 9.17) is 14.2 Å². The number of methoxy groups -OCH3 is 1. The van der Waals surface area contributed by atoms with E-state index in [9.17, 15) is 9.59 Å². The zero-order valence-corrected chi connectivity index (χ0v) is 16.2. The highest BCUT2D eigenvalue weighted by atomic mass is 16.6. The first kappa shape index (κ1) is 19.4. The molecular formula is C21H22N2O5. The third-order valence-electron chi connectivity index (χ3n) is 3.90. The maximum absolute atomic E-state index is 12.6. The number of amides is 1. The summed E-state index contributed by atoms with van der Waals surface area (Å²) >= 11 is 0. The van der Waals surface area contributed by atoms with E-state index in [1.165, 1.54) is 0 Å². The topological polar surface area (TPSA) is 86.2 Å². The van der Waals surface area contributed by atoms with Crippen molar-refractivity contribution in [3.05, 3.63) is 54.1 Å². The molecule has 1 N–H and O–H groups in total. The van der Waals surface area contributed by atoms with Crippen LogP contribution in [-0.2, 0) is 9.53 Å². The molecule has 2 aromatic rings. The Hall–Kier alpha value is -3.35. The molecule has 0 aromatic heterocycles. The Morgan fingerprint density at radius 3 is 2.29 bits per heavy atom. The summed E-state index contributed by atoms with van der Waals surface area (Å²) in [5.41, 5.74) is 0.749. The van der Waals surface area contributed by atoms with Gasteiger partial charge in [-0.05, 0) is 51.1 Å². The van der Waals surface area contributed by atoms with Crippen LogP contribution in [0.25, 0.3) is 0 Å². The van der Waals surface area contributed by atoms with Gasteiger partial charge in [-0.15, -0.1) is 0 Å². The number of hydrogen-bond acceptors (Lipinski definition) is 6. The van der Waals surface area contributed by atoms with Crippen molar-refractivity contribution >= 4 is 23.5 Å². The number of fused-ring (bicyclic) bond motifs is 1. The molecule has 7 heteroatoms. The Kier molecular flexibility index (Phi) is 5.35. The molecule has 0 radical (unpaired) electrons. The van der Waals surface area contributed by atoms with Gasteiger partial charge in [-0.2, -0.15) is 0 Å². The number of nitrogens with zero attached hydrogens (tertiary/aromatic N) is 1. The van der Waals surface area contributed by atoms with Gasteiger partial charge in [0.1, 0.15) is 23.1 Å².